The van der Waals surface area contributed by atoms with Crippen LogP contribution in [-0.4, -0.2) is 23.5 Å². The number of halogens is 1. The molecular formula is C17H19ClN2O2. The van der Waals surface area contributed by atoms with Crippen molar-refractivity contribution in [3.63, 3.8) is 0 Å². The topological polar surface area (TPSA) is 51.2 Å². The largest absolute Gasteiger partial charge is 0.490 e. The summed E-state index contributed by atoms with van der Waals surface area (Å²) in [5, 5.41) is 3.40. The minimum Gasteiger partial charge on any atom is -0.490 e. The van der Waals surface area contributed by atoms with Gasteiger partial charge in [-0.1, -0.05) is 36.2 Å². The van der Waals surface area contributed by atoms with Crippen molar-refractivity contribution in [3.05, 3.63) is 58.9 Å². The van der Waals surface area contributed by atoms with Crippen molar-refractivity contribution >= 4 is 17.5 Å². The van der Waals surface area contributed by atoms with Gasteiger partial charge in [0.2, 0.25) is 0 Å². The smallest absolute Gasteiger partial charge is 0.251 e. The summed E-state index contributed by atoms with van der Waals surface area (Å²) in [6.45, 7) is 4.38. The van der Waals surface area contributed by atoms with Crippen LogP contribution in [0.25, 0.3) is 0 Å². The molecule has 0 saturated heterocycles. The highest BCUT2D eigenvalue weighted by Gasteiger charge is 2.13. The lowest BCUT2D eigenvalue weighted by Gasteiger charge is -2.17. The van der Waals surface area contributed by atoms with Crippen LogP contribution in [0.2, 0.25) is 5.15 Å². The van der Waals surface area contributed by atoms with Gasteiger partial charge in [0, 0.05) is 5.56 Å². The zero-order chi connectivity index (χ0) is 15.9. The van der Waals surface area contributed by atoms with Crippen LogP contribution in [0.5, 0.6) is 5.75 Å². The highest BCUT2D eigenvalue weighted by molar-refractivity contribution is 6.29. The van der Waals surface area contributed by atoms with E-state index in [-0.39, 0.29) is 11.9 Å². The summed E-state index contributed by atoms with van der Waals surface area (Å²) in [6.07, 6.45) is 2.34. The first-order valence-corrected chi connectivity index (χ1v) is 7.58. The van der Waals surface area contributed by atoms with E-state index in [1.54, 1.807) is 18.3 Å². The SMILES string of the molecule is CCC(COc1ccc(Cl)nc1)NC(=O)c1ccc(C)cc1. The monoisotopic (exact) mass is 318 g/mol. The molecule has 1 unspecified atom stereocenters. The number of benzene rings is 1. The van der Waals surface area contributed by atoms with Crippen molar-refractivity contribution in [2.75, 3.05) is 6.61 Å². The summed E-state index contributed by atoms with van der Waals surface area (Å²) in [5.74, 6) is 0.539. The molecule has 0 spiro atoms. The first-order valence-electron chi connectivity index (χ1n) is 7.20. The van der Waals surface area contributed by atoms with Gasteiger partial charge in [-0.15, -0.1) is 0 Å². The average molecular weight is 319 g/mol. The summed E-state index contributed by atoms with van der Waals surface area (Å²) in [5.41, 5.74) is 1.78. The second-order valence-corrected chi connectivity index (χ2v) is 5.46. The third-order valence-corrected chi connectivity index (χ3v) is 3.52. The predicted octanol–water partition coefficient (Wildman–Crippen LogP) is 3.63. The lowest BCUT2D eigenvalue weighted by Crippen LogP contribution is -2.38. The molecule has 5 heteroatoms. The molecule has 2 aromatic rings. The van der Waals surface area contributed by atoms with Gasteiger partial charge in [-0.05, 0) is 37.6 Å². The second-order valence-electron chi connectivity index (χ2n) is 5.07. The molecule has 1 N–H and O–H groups in total. The predicted molar refractivity (Wildman–Crippen MR) is 87.5 cm³/mol. The Hall–Kier alpha value is -2.07. The molecule has 0 radical (unpaired) electrons. The molecule has 0 aliphatic rings. The Morgan fingerprint density at radius 1 is 1.27 bits per heavy atom. The van der Waals surface area contributed by atoms with E-state index in [0.29, 0.717) is 23.1 Å². The number of carbonyl (C=O) groups excluding carboxylic acids is 1. The van der Waals surface area contributed by atoms with Gasteiger partial charge in [0.15, 0.2) is 0 Å². The van der Waals surface area contributed by atoms with E-state index >= 15 is 0 Å². The molecule has 0 aliphatic carbocycles. The first kappa shape index (κ1) is 16.3. The van der Waals surface area contributed by atoms with Crippen LogP contribution < -0.4 is 10.1 Å². The summed E-state index contributed by atoms with van der Waals surface area (Å²) in [7, 11) is 0. The summed E-state index contributed by atoms with van der Waals surface area (Å²) in [6, 6.07) is 10.8. The fourth-order valence-electron chi connectivity index (χ4n) is 1.88. The summed E-state index contributed by atoms with van der Waals surface area (Å²) >= 11 is 5.73. The van der Waals surface area contributed by atoms with E-state index in [4.69, 9.17) is 16.3 Å². The molecule has 1 amide bonds. The minimum atomic E-state index is -0.0929. The number of nitrogens with one attached hydrogen (secondary N) is 1. The highest BCUT2D eigenvalue weighted by Crippen LogP contribution is 2.12. The van der Waals surface area contributed by atoms with Gasteiger partial charge in [-0.3, -0.25) is 4.79 Å². The van der Waals surface area contributed by atoms with E-state index < -0.39 is 0 Å². The number of hydrogen-bond donors (Lipinski definition) is 1. The van der Waals surface area contributed by atoms with Gasteiger partial charge in [-0.2, -0.15) is 0 Å². The molecular weight excluding hydrogens is 300 g/mol. The lowest BCUT2D eigenvalue weighted by molar-refractivity contribution is 0.0920. The fourth-order valence-corrected chi connectivity index (χ4v) is 1.99. The van der Waals surface area contributed by atoms with Gasteiger partial charge in [0.1, 0.15) is 17.5 Å². The van der Waals surface area contributed by atoms with Gasteiger partial charge < -0.3 is 10.1 Å². The number of amides is 1. The van der Waals surface area contributed by atoms with E-state index in [9.17, 15) is 4.79 Å². The van der Waals surface area contributed by atoms with Crippen molar-refractivity contribution < 1.29 is 9.53 Å². The van der Waals surface area contributed by atoms with Crippen molar-refractivity contribution in [2.24, 2.45) is 0 Å². The molecule has 0 aliphatic heterocycles. The van der Waals surface area contributed by atoms with E-state index in [2.05, 4.69) is 10.3 Å². The van der Waals surface area contributed by atoms with Gasteiger partial charge in [0.05, 0.1) is 12.2 Å². The van der Waals surface area contributed by atoms with Crippen LogP contribution in [0.1, 0.15) is 29.3 Å². The average Bonchev–Trinajstić information content (AvgIpc) is 2.53. The minimum absolute atomic E-state index is 0.0653. The number of aromatic nitrogens is 1. The Bertz CT molecular complexity index is 612. The van der Waals surface area contributed by atoms with Crippen molar-refractivity contribution in [2.45, 2.75) is 26.3 Å². The maximum Gasteiger partial charge on any atom is 0.251 e. The van der Waals surface area contributed by atoms with Crippen molar-refractivity contribution in [3.8, 4) is 5.75 Å². The van der Waals surface area contributed by atoms with Crippen LogP contribution in [0.15, 0.2) is 42.6 Å². The zero-order valence-corrected chi connectivity index (χ0v) is 13.4. The standard InChI is InChI=1S/C17H19ClN2O2/c1-3-14(11-22-15-8-9-16(18)19-10-15)20-17(21)13-6-4-12(2)5-7-13/h4-10,14H,3,11H2,1-2H3,(H,20,21). The van der Waals surface area contributed by atoms with E-state index in [1.165, 1.54) is 0 Å². The number of hydrogen-bond acceptors (Lipinski definition) is 3. The first-order chi connectivity index (χ1) is 10.6. The quantitative estimate of drug-likeness (QED) is 0.827. The number of rotatable bonds is 6. The van der Waals surface area contributed by atoms with Crippen LogP contribution in [-0.2, 0) is 0 Å². The van der Waals surface area contributed by atoms with Crippen LogP contribution in [0, 0.1) is 6.92 Å². The van der Waals surface area contributed by atoms with Gasteiger partial charge in [-0.25, -0.2) is 4.98 Å². The molecule has 0 saturated carbocycles. The number of aryl methyl sites for hydroxylation is 1. The molecule has 0 fully saturated rings. The Morgan fingerprint density at radius 2 is 2.00 bits per heavy atom. The molecule has 116 valence electrons. The molecule has 1 aromatic heterocycles. The lowest BCUT2D eigenvalue weighted by atomic mass is 10.1. The van der Waals surface area contributed by atoms with E-state index in [1.807, 2.05) is 38.1 Å². The van der Waals surface area contributed by atoms with E-state index in [0.717, 1.165) is 12.0 Å². The Morgan fingerprint density at radius 3 is 2.59 bits per heavy atom. The van der Waals surface area contributed by atoms with Crippen LogP contribution >= 0.6 is 11.6 Å². The van der Waals surface area contributed by atoms with Crippen LogP contribution in [0.4, 0.5) is 0 Å². The molecule has 1 aromatic carbocycles. The number of ether oxygens (including phenoxy) is 1. The molecule has 2 rings (SSSR count). The number of carbonyl (C=O) groups is 1. The molecule has 1 heterocycles. The maximum atomic E-state index is 12.2. The molecule has 22 heavy (non-hydrogen) atoms. The second kappa shape index (κ2) is 7.80. The van der Waals surface area contributed by atoms with Gasteiger partial charge >= 0.3 is 0 Å². The summed E-state index contributed by atoms with van der Waals surface area (Å²) in [4.78, 5) is 16.1. The fraction of sp³-hybridized carbons (Fsp3) is 0.294. The highest BCUT2D eigenvalue weighted by atomic mass is 35.5. The number of nitrogens with zero attached hydrogens (tertiary/aromatic N) is 1. The molecule has 4 nitrogen and oxygen atoms in total. The molecule has 0 bridgehead atoms. The third-order valence-electron chi connectivity index (χ3n) is 3.29. The van der Waals surface area contributed by atoms with Gasteiger partial charge in [0.25, 0.3) is 5.91 Å². The Balaban J connectivity index is 1.90. The van der Waals surface area contributed by atoms with Crippen LogP contribution in [0.3, 0.4) is 0 Å². The number of pyridine rings is 1. The Labute approximate surface area is 135 Å². The normalized spacial score (nSPS) is 11.8. The van der Waals surface area contributed by atoms with Crippen molar-refractivity contribution in [1.29, 1.82) is 0 Å². The zero-order valence-electron chi connectivity index (χ0n) is 12.7. The summed E-state index contributed by atoms with van der Waals surface area (Å²) < 4.78 is 5.63. The maximum absolute atomic E-state index is 12.2. The Kier molecular flexibility index (Phi) is 5.78. The van der Waals surface area contributed by atoms with Crippen molar-refractivity contribution in [1.82, 2.24) is 10.3 Å². The third kappa shape index (κ3) is 4.74. The molecule has 1 atom stereocenters.